The fourth-order valence-electron chi connectivity index (χ4n) is 2.78. The van der Waals surface area contributed by atoms with Crippen molar-refractivity contribution in [3.8, 4) is 11.5 Å². The third kappa shape index (κ3) is 4.99. The van der Waals surface area contributed by atoms with E-state index in [0.29, 0.717) is 12.3 Å². The van der Waals surface area contributed by atoms with Gasteiger partial charge < -0.3 is 14.8 Å². The minimum Gasteiger partial charge on any atom is -0.497 e. The van der Waals surface area contributed by atoms with Gasteiger partial charge in [-0.15, -0.1) is 0 Å². The Morgan fingerprint density at radius 3 is 2.24 bits per heavy atom. The van der Waals surface area contributed by atoms with Gasteiger partial charge in [0.05, 0.1) is 14.2 Å². The summed E-state index contributed by atoms with van der Waals surface area (Å²) in [5.41, 5.74) is 3.08. The number of anilines is 1. The van der Waals surface area contributed by atoms with E-state index in [-0.39, 0.29) is 11.8 Å². The van der Waals surface area contributed by atoms with Crippen LogP contribution in [0.25, 0.3) is 0 Å². The second-order valence-electron chi connectivity index (χ2n) is 6.54. The van der Waals surface area contributed by atoms with Gasteiger partial charge >= 0.3 is 0 Å². The molecule has 0 radical (unpaired) electrons. The molecule has 2 aromatic carbocycles. The number of methoxy groups -OCH3 is 2. The number of ether oxygens (including phenoxy) is 2. The molecule has 4 heteroatoms. The molecule has 0 saturated heterocycles. The zero-order chi connectivity index (χ0) is 18.4. The maximum Gasteiger partial charge on any atom is 0.224 e. The summed E-state index contributed by atoms with van der Waals surface area (Å²) in [4.78, 5) is 12.4. The Morgan fingerprint density at radius 1 is 1.00 bits per heavy atom. The fourth-order valence-corrected chi connectivity index (χ4v) is 2.78. The van der Waals surface area contributed by atoms with Gasteiger partial charge in [0.15, 0.2) is 0 Å². The van der Waals surface area contributed by atoms with E-state index in [1.54, 1.807) is 14.2 Å². The van der Waals surface area contributed by atoms with Gasteiger partial charge in [0.1, 0.15) is 11.5 Å². The second kappa shape index (κ2) is 8.56. The maximum atomic E-state index is 12.4. The number of nitrogens with one attached hydrogen (secondary N) is 1. The summed E-state index contributed by atoms with van der Waals surface area (Å²) in [6.07, 6.45) is 0.384. The summed E-state index contributed by atoms with van der Waals surface area (Å²) in [5, 5.41) is 2.96. The number of hydrogen-bond acceptors (Lipinski definition) is 3. The Labute approximate surface area is 150 Å². The highest BCUT2D eigenvalue weighted by Gasteiger charge is 2.16. The summed E-state index contributed by atoms with van der Waals surface area (Å²) >= 11 is 0. The summed E-state index contributed by atoms with van der Waals surface area (Å²) < 4.78 is 10.7. The molecule has 0 aliphatic heterocycles. The minimum atomic E-state index is -0.0114. The summed E-state index contributed by atoms with van der Waals surface area (Å²) in [5.74, 6) is 1.98. The van der Waals surface area contributed by atoms with Crippen LogP contribution in [0.4, 0.5) is 5.69 Å². The van der Waals surface area contributed by atoms with E-state index in [2.05, 4.69) is 31.3 Å². The second-order valence-corrected chi connectivity index (χ2v) is 6.54. The van der Waals surface area contributed by atoms with Crippen molar-refractivity contribution in [3.05, 3.63) is 53.6 Å². The highest BCUT2D eigenvalue weighted by atomic mass is 16.5. The summed E-state index contributed by atoms with van der Waals surface area (Å²) in [6.45, 7) is 6.32. The molecule has 25 heavy (non-hydrogen) atoms. The Bertz CT molecular complexity index is 708. The summed E-state index contributed by atoms with van der Waals surface area (Å²) in [6, 6.07) is 13.7. The van der Waals surface area contributed by atoms with Crippen LogP contribution in [0.5, 0.6) is 11.5 Å². The zero-order valence-corrected chi connectivity index (χ0v) is 15.6. The van der Waals surface area contributed by atoms with Crippen LogP contribution in [0.1, 0.15) is 50.2 Å². The lowest BCUT2D eigenvalue weighted by molar-refractivity contribution is -0.116. The van der Waals surface area contributed by atoms with Crippen molar-refractivity contribution in [1.82, 2.24) is 0 Å². The normalized spacial score (nSPS) is 11.9. The first-order valence-electron chi connectivity index (χ1n) is 8.56. The molecule has 0 aromatic heterocycles. The molecule has 0 saturated carbocycles. The van der Waals surface area contributed by atoms with E-state index in [0.717, 1.165) is 22.7 Å². The zero-order valence-electron chi connectivity index (χ0n) is 15.6. The molecule has 0 aliphatic carbocycles. The van der Waals surface area contributed by atoms with Gasteiger partial charge in [-0.1, -0.05) is 39.0 Å². The quantitative estimate of drug-likeness (QED) is 0.774. The van der Waals surface area contributed by atoms with Crippen molar-refractivity contribution < 1.29 is 14.3 Å². The van der Waals surface area contributed by atoms with E-state index in [1.807, 2.05) is 37.3 Å². The van der Waals surface area contributed by atoms with Crippen molar-refractivity contribution in [1.29, 1.82) is 0 Å². The molecule has 1 amide bonds. The monoisotopic (exact) mass is 341 g/mol. The molecule has 0 heterocycles. The first kappa shape index (κ1) is 18.8. The van der Waals surface area contributed by atoms with Gasteiger partial charge in [0.2, 0.25) is 5.91 Å². The molecule has 1 N–H and O–H groups in total. The van der Waals surface area contributed by atoms with Crippen LogP contribution in [0.15, 0.2) is 42.5 Å². The molecule has 1 unspecified atom stereocenters. The predicted octanol–water partition coefficient (Wildman–Crippen LogP) is 4.96. The van der Waals surface area contributed by atoms with E-state index in [4.69, 9.17) is 9.47 Å². The lowest BCUT2D eigenvalue weighted by Crippen LogP contribution is -2.14. The van der Waals surface area contributed by atoms with Crippen molar-refractivity contribution in [2.45, 2.75) is 39.0 Å². The van der Waals surface area contributed by atoms with Gasteiger partial charge in [-0.25, -0.2) is 0 Å². The SMILES string of the molecule is COc1ccc(C(C)CC(=O)Nc2ccc(C(C)C)cc2)c(OC)c1. The van der Waals surface area contributed by atoms with Crippen molar-refractivity contribution >= 4 is 11.6 Å². The number of carbonyl (C=O) groups excluding carboxylic acids is 1. The average molecular weight is 341 g/mol. The van der Waals surface area contributed by atoms with E-state index in [1.165, 1.54) is 5.56 Å². The Balaban J connectivity index is 2.02. The Morgan fingerprint density at radius 2 is 1.68 bits per heavy atom. The van der Waals surface area contributed by atoms with E-state index >= 15 is 0 Å². The Kier molecular flexibility index (Phi) is 6.45. The van der Waals surface area contributed by atoms with Crippen molar-refractivity contribution in [3.63, 3.8) is 0 Å². The largest absolute Gasteiger partial charge is 0.497 e. The first-order valence-corrected chi connectivity index (χ1v) is 8.56. The number of amides is 1. The fraction of sp³-hybridized carbons (Fsp3) is 0.381. The number of hydrogen-bond donors (Lipinski definition) is 1. The minimum absolute atomic E-state index is 0.0114. The Hall–Kier alpha value is -2.49. The standard InChI is InChI=1S/C21H27NO3/c1-14(2)16-6-8-17(9-7-16)22-21(23)12-15(3)19-11-10-18(24-4)13-20(19)25-5/h6-11,13-15H,12H2,1-5H3,(H,22,23). The molecule has 1 atom stereocenters. The molecule has 0 fully saturated rings. The van der Waals surface area contributed by atoms with Crippen molar-refractivity contribution in [2.24, 2.45) is 0 Å². The molecular weight excluding hydrogens is 314 g/mol. The third-order valence-electron chi connectivity index (χ3n) is 4.32. The molecule has 2 aromatic rings. The topological polar surface area (TPSA) is 47.6 Å². The third-order valence-corrected chi connectivity index (χ3v) is 4.32. The molecule has 0 aliphatic rings. The molecule has 0 bridgehead atoms. The van der Waals surface area contributed by atoms with Crippen LogP contribution in [0.3, 0.4) is 0 Å². The smallest absolute Gasteiger partial charge is 0.224 e. The highest BCUT2D eigenvalue weighted by Crippen LogP contribution is 2.32. The first-order chi connectivity index (χ1) is 11.9. The van der Waals surface area contributed by atoms with Gasteiger partial charge in [-0.3, -0.25) is 4.79 Å². The van der Waals surface area contributed by atoms with E-state index < -0.39 is 0 Å². The molecule has 134 valence electrons. The number of rotatable bonds is 7. The van der Waals surface area contributed by atoms with Crippen LogP contribution in [0, 0.1) is 0 Å². The van der Waals surface area contributed by atoms with Crippen LogP contribution in [0.2, 0.25) is 0 Å². The molecule has 4 nitrogen and oxygen atoms in total. The van der Waals surface area contributed by atoms with E-state index in [9.17, 15) is 4.79 Å². The van der Waals surface area contributed by atoms with Gasteiger partial charge in [0, 0.05) is 18.2 Å². The lowest BCUT2D eigenvalue weighted by Gasteiger charge is -2.16. The predicted molar refractivity (Wildman–Crippen MR) is 102 cm³/mol. The average Bonchev–Trinajstić information content (AvgIpc) is 2.61. The molecular formula is C21H27NO3. The van der Waals surface area contributed by atoms with Crippen LogP contribution in [-0.2, 0) is 4.79 Å². The van der Waals surface area contributed by atoms with Crippen LogP contribution < -0.4 is 14.8 Å². The highest BCUT2D eigenvalue weighted by molar-refractivity contribution is 5.91. The van der Waals surface area contributed by atoms with Gasteiger partial charge in [-0.05, 0) is 41.2 Å². The molecule has 2 rings (SSSR count). The number of benzene rings is 2. The maximum absolute atomic E-state index is 12.4. The van der Waals surface area contributed by atoms with Gasteiger partial charge in [-0.2, -0.15) is 0 Å². The summed E-state index contributed by atoms with van der Waals surface area (Å²) in [7, 11) is 3.25. The van der Waals surface area contributed by atoms with Gasteiger partial charge in [0.25, 0.3) is 0 Å². The van der Waals surface area contributed by atoms with Crippen LogP contribution >= 0.6 is 0 Å². The number of carbonyl (C=O) groups is 1. The lowest BCUT2D eigenvalue weighted by atomic mass is 9.96. The van der Waals surface area contributed by atoms with Crippen molar-refractivity contribution in [2.75, 3.05) is 19.5 Å². The van der Waals surface area contributed by atoms with Crippen LogP contribution in [-0.4, -0.2) is 20.1 Å². The molecule has 0 spiro atoms.